The first kappa shape index (κ1) is 21.7. The van der Waals surface area contributed by atoms with E-state index in [2.05, 4.69) is 147 Å². The van der Waals surface area contributed by atoms with Gasteiger partial charge in [-0.05, 0) is 82.6 Å². The summed E-state index contributed by atoms with van der Waals surface area (Å²) >= 11 is 0. The monoisotopic (exact) mass is 456 g/mol. The normalized spacial score (nSPS) is 10.6. The van der Waals surface area contributed by atoms with Gasteiger partial charge in [-0.3, -0.25) is 0 Å². The first-order chi connectivity index (χ1) is 17.7. The van der Waals surface area contributed by atoms with E-state index < -0.39 is 0 Å². The molecule has 0 radical (unpaired) electrons. The van der Waals surface area contributed by atoms with Gasteiger partial charge in [-0.15, -0.1) is 0 Å². The van der Waals surface area contributed by atoms with Gasteiger partial charge in [-0.2, -0.15) is 0 Å². The molecule has 0 unspecified atom stereocenters. The molecule has 0 aliphatic heterocycles. The standard InChI is InChI=1S/C36H24/c1-25-11-15-27(16-12-25)19-21-33-31-9-5-6-10-32(31)34(22-20-28-17-13-26(2)14-18-28)36-24-30-8-4-3-7-29(30)23-35(33)36/h3-18,23-24H,1-2H3. The Hall–Kier alpha value is -4.78. The van der Waals surface area contributed by atoms with E-state index in [0.717, 1.165) is 43.8 Å². The third kappa shape index (κ3) is 4.11. The molecule has 0 aliphatic rings. The summed E-state index contributed by atoms with van der Waals surface area (Å²) in [4.78, 5) is 0. The van der Waals surface area contributed by atoms with Crippen LogP contribution in [0.15, 0.2) is 109 Å². The molecule has 0 fully saturated rings. The predicted molar refractivity (Wildman–Crippen MR) is 153 cm³/mol. The molecule has 6 rings (SSSR count). The van der Waals surface area contributed by atoms with Crippen LogP contribution in [0.3, 0.4) is 0 Å². The lowest BCUT2D eigenvalue weighted by Gasteiger charge is -2.12. The van der Waals surface area contributed by atoms with Crippen LogP contribution in [0.25, 0.3) is 32.3 Å². The number of rotatable bonds is 0. The molecular weight excluding hydrogens is 432 g/mol. The fourth-order valence-electron chi connectivity index (χ4n) is 4.68. The van der Waals surface area contributed by atoms with Gasteiger partial charge in [0.25, 0.3) is 0 Å². The van der Waals surface area contributed by atoms with Gasteiger partial charge < -0.3 is 0 Å². The van der Waals surface area contributed by atoms with Gasteiger partial charge in [0.1, 0.15) is 0 Å². The third-order valence-corrected chi connectivity index (χ3v) is 6.66. The highest BCUT2D eigenvalue weighted by molar-refractivity contribution is 6.13. The van der Waals surface area contributed by atoms with Crippen molar-refractivity contribution < 1.29 is 0 Å². The molecule has 0 bridgehead atoms. The quantitative estimate of drug-likeness (QED) is 0.159. The lowest BCUT2D eigenvalue weighted by atomic mass is 9.90. The lowest BCUT2D eigenvalue weighted by molar-refractivity contribution is 1.46. The zero-order chi connectivity index (χ0) is 24.5. The fourth-order valence-corrected chi connectivity index (χ4v) is 4.68. The van der Waals surface area contributed by atoms with Crippen molar-refractivity contribution in [1.29, 1.82) is 0 Å². The average Bonchev–Trinajstić information content (AvgIpc) is 2.91. The second kappa shape index (κ2) is 9.11. The molecule has 0 heteroatoms. The highest BCUT2D eigenvalue weighted by Crippen LogP contribution is 2.35. The fraction of sp³-hybridized carbons (Fsp3) is 0.0556. The summed E-state index contributed by atoms with van der Waals surface area (Å²) in [7, 11) is 0. The molecule has 6 aromatic rings. The molecule has 6 aromatic carbocycles. The van der Waals surface area contributed by atoms with Gasteiger partial charge in [0, 0.05) is 22.3 Å². The highest BCUT2D eigenvalue weighted by atomic mass is 14.1. The van der Waals surface area contributed by atoms with E-state index >= 15 is 0 Å². The zero-order valence-electron chi connectivity index (χ0n) is 20.4. The molecule has 0 aliphatic carbocycles. The molecule has 0 saturated heterocycles. The van der Waals surface area contributed by atoms with Gasteiger partial charge in [-0.25, -0.2) is 0 Å². The molecule has 0 amide bonds. The van der Waals surface area contributed by atoms with Gasteiger partial charge in [0.2, 0.25) is 0 Å². The van der Waals surface area contributed by atoms with Crippen LogP contribution in [0.4, 0.5) is 0 Å². The number of aryl methyl sites for hydroxylation is 2. The molecule has 0 heterocycles. The van der Waals surface area contributed by atoms with Gasteiger partial charge in [0.15, 0.2) is 0 Å². The molecule has 0 spiro atoms. The highest BCUT2D eigenvalue weighted by Gasteiger charge is 2.13. The predicted octanol–water partition coefficient (Wildman–Crippen LogP) is 8.56. The van der Waals surface area contributed by atoms with Crippen molar-refractivity contribution in [3.63, 3.8) is 0 Å². The van der Waals surface area contributed by atoms with E-state index in [-0.39, 0.29) is 0 Å². The number of hydrogen-bond donors (Lipinski definition) is 0. The van der Waals surface area contributed by atoms with Crippen LogP contribution >= 0.6 is 0 Å². The molecule has 36 heavy (non-hydrogen) atoms. The zero-order valence-corrected chi connectivity index (χ0v) is 20.4. The number of benzene rings is 6. The second-order valence-electron chi connectivity index (χ2n) is 9.27. The van der Waals surface area contributed by atoms with Crippen LogP contribution in [0.2, 0.25) is 0 Å². The summed E-state index contributed by atoms with van der Waals surface area (Å²) in [5.74, 6) is 13.9. The lowest BCUT2D eigenvalue weighted by Crippen LogP contribution is -1.91. The van der Waals surface area contributed by atoms with Crippen molar-refractivity contribution in [3.8, 4) is 23.7 Å². The SMILES string of the molecule is Cc1ccc(C#Cc2c3ccccc3c(C#Cc3ccc(C)cc3)c3cc4ccccc4cc23)cc1. The Morgan fingerprint density at radius 1 is 0.389 bits per heavy atom. The van der Waals surface area contributed by atoms with Crippen molar-refractivity contribution in [3.05, 3.63) is 143 Å². The van der Waals surface area contributed by atoms with E-state index in [4.69, 9.17) is 0 Å². The summed E-state index contributed by atoms with van der Waals surface area (Å²) in [6, 6.07) is 38.3. The van der Waals surface area contributed by atoms with Crippen molar-refractivity contribution in [2.24, 2.45) is 0 Å². The van der Waals surface area contributed by atoms with E-state index in [1.165, 1.54) is 21.9 Å². The van der Waals surface area contributed by atoms with Gasteiger partial charge in [0.05, 0.1) is 0 Å². The molecule has 0 nitrogen and oxygen atoms in total. The summed E-state index contributed by atoms with van der Waals surface area (Å²) in [5, 5.41) is 6.95. The molecule has 0 saturated carbocycles. The summed E-state index contributed by atoms with van der Waals surface area (Å²) in [5.41, 5.74) is 6.60. The Bertz CT molecular complexity index is 1740. The topological polar surface area (TPSA) is 0 Å². The first-order valence-corrected chi connectivity index (χ1v) is 12.2. The van der Waals surface area contributed by atoms with Crippen LogP contribution in [0, 0.1) is 37.5 Å². The van der Waals surface area contributed by atoms with E-state index in [1.807, 2.05) is 0 Å². The number of hydrogen-bond acceptors (Lipinski definition) is 0. The maximum Gasteiger partial charge on any atom is 0.0407 e. The van der Waals surface area contributed by atoms with Crippen LogP contribution in [-0.4, -0.2) is 0 Å². The average molecular weight is 457 g/mol. The third-order valence-electron chi connectivity index (χ3n) is 6.66. The van der Waals surface area contributed by atoms with Crippen molar-refractivity contribution >= 4 is 32.3 Å². The Balaban J connectivity index is 1.68. The number of fused-ring (bicyclic) bond motifs is 3. The van der Waals surface area contributed by atoms with Crippen LogP contribution in [0.1, 0.15) is 33.4 Å². The minimum absolute atomic E-state index is 1.02. The van der Waals surface area contributed by atoms with E-state index in [9.17, 15) is 0 Å². The summed E-state index contributed by atoms with van der Waals surface area (Å²) in [6.45, 7) is 4.19. The Kier molecular flexibility index (Phi) is 5.50. The van der Waals surface area contributed by atoms with E-state index in [0.29, 0.717) is 0 Å². The Morgan fingerprint density at radius 3 is 1.19 bits per heavy atom. The van der Waals surface area contributed by atoms with Crippen LogP contribution < -0.4 is 0 Å². The van der Waals surface area contributed by atoms with E-state index in [1.54, 1.807) is 0 Å². The largest absolute Gasteiger partial charge is 0.0616 e. The summed E-state index contributed by atoms with van der Waals surface area (Å²) in [6.07, 6.45) is 0. The minimum atomic E-state index is 1.02. The molecular formula is C36H24. The molecule has 0 N–H and O–H groups in total. The van der Waals surface area contributed by atoms with Crippen LogP contribution in [-0.2, 0) is 0 Å². The first-order valence-electron chi connectivity index (χ1n) is 12.2. The minimum Gasteiger partial charge on any atom is -0.0616 e. The van der Waals surface area contributed by atoms with Crippen molar-refractivity contribution in [1.82, 2.24) is 0 Å². The van der Waals surface area contributed by atoms with Gasteiger partial charge in [-0.1, -0.05) is 108 Å². The Labute approximate surface area is 212 Å². The maximum atomic E-state index is 3.54. The molecule has 168 valence electrons. The smallest absolute Gasteiger partial charge is 0.0407 e. The van der Waals surface area contributed by atoms with Crippen molar-refractivity contribution in [2.75, 3.05) is 0 Å². The Morgan fingerprint density at radius 2 is 0.778 bits per heavy atom. The van der Waals surface area contributed by atoms with Gasteiger partial charge >= 0.3 is 0 Å². The molecule has 0 aromatic heterocycles. The maximum absolute atomic E-state index is 3.54. The molecule has 0 atom stereocenters. The second-order valence-corrected chi connectivity index (χ2v) is 9.27. The summed E-state index contributed by atoms with van der Waals surface area (Å²) < 4.78 is 0. The van der Waals surface area contributed by atoms with Crippen molar-refractivity contribution in [2.45, 2.75) is 13.8 Å². The van der Waals surface area contributed by atoms with Crippen LogP contribution in [0.5, 0.6) is 0 Å².